The molecule has 21 heavy (non-hydrogen) atoms. The van der Waals surface area contributed by atoms with Crippen molar-refractivity contribution in [3.05, 3.63) is 29.3 Å². The summed E-state index contributed by atoms with van der Waals surface area (Å²) in [5.41, 5.74) is -0.641. The number of carboxylic acids is 1. The normalized spacial score (nSPS) is 21.9. The third-order valence-corrected chi connectivity index (χ3v) is 4.80. The predicted molar refractivity (Wildman–Crippen MR) is 67.5 cm³/mol. The minimum absolute atomic E-state index is 0.0790. The van der Waals surface area contributed by atoms with Crippen LogP contribution in [0.15, 0.2) is 17.0 Å². The fourth-order valence-corrected chi connectivity index (χ4v) is 3.39. The molecular formula is C12H13F2NO5S. The predicted octanol–water partition coefficient (Wildman–Crippen LogP) is 1.12. The molecular weight excluding hydrogens is 308 g/mol. The van der Waals surface area contributed by atoms with E-state index in [-0.39, 0.29) is 6.10 Å². The summed E-state index contributed by atoms with van der Waals surface area (Å²) in [5, 5.41) is 8.78. The molecule has 6 nitrogen and oxygen atoms in total. The van der Waals surface area contributed by atoms with Crippen LogP contribution in [-0.2, 0) is 14.8 Å². The van der Waals surface area contributed by atoms with Gasteiger partial charge in [-0.3, -0.25) is 0 Å². The molecule has 1 fully saturated rings. The number of nitrogens with one attached hydrogen (secondary N) is 1. The van der Waals surface area contributed by atoms with Crippen molar-refractivity contribution in [2.45, 2.75) is 29.9 Å². The Bertz CT molecular complexity index is 670. The molecule has 116 valence electrons. The van der Waals surface area contributed by atoms with E-state index in [0.717, 1.165) is 0 Å². The highest BCUT2D eigenvalue weighted by atomic mass is 32.2. The van der Waals surface area contributed by atoms with Gasteiger partial charge in [0.05, 0.1) is 11.7 Å². The number of hydrogen-bond donors (Lipinski definition) is 2. The number of carbonyl (C=O) groups is 1. The van der Waals surface area contributed by atoms with Crippen molar-refractivity contribution in [1.82, 2.24) is 4.72 Å². The van der Waals surface area contributed by atoms with Gasteiger partial charge in [0.2, 0.25) is 10.0 Å². The molecule has 2 rings (SSSR count). The lowest BCUT2D eigenvalue weighted by molar-refractivity contribution is 0.0236. The Labute approximate surface area is 119 Å². The van der Waals surface area contributed by atoms with Crippen LogP contribution in [0.3, 0.4) is 0 Å². The van der Waals surface area contributed by atoms with E-state index in [1.54, 1.807) is 0 Å². The first kappa shape index (κ1) is 15.8. The Balaban J connectivity index is 2.29. The Kier molecular flexibility index (Phi) is 4.26. The summed E-state index contributed by atoms with van der Waals surface area (Å²) in [7, 11) is -2.86. The molecule has 0 unspecified atom stereocenters. The summed E-state index contributed by atoms with van der Waals surface area (Å²) in [5.74, 6) is -4.68. The van der Waals surface area contributed by atoms with Gasteiger partial charge in [-0.15, -0.1) is 0 Å². The molecule has 0 aliphatic heterocycles. The molecule has 0 radical (unpaired) electrons. The summed E-state index contributed by atoms with van der Waals surface area (Å²) in [6.45, 7) is 0. The van der Waals surface area contributed by atoms with E-state index >= 15 is 0 Å². The number of halogens is 2. The Hall–Kier alpha value is -1.58. The number of rotatable bonds is 5. The van der Waals surface area contributed by atoms with Gasteiger partial charge in [-0.2, -0.15) is 0 Å². The zero-order valence-corrected chi connectivity index (χ0v) is 11.8. The maximum absolute atomic E-state index is 13.6. The van der Waals surface area contributed by atoms with E-state index in [2.05, 4.69) is 4.72 Å². The molecule has 0 bridgehead atoms. The van der Waals surface area contributed by atoms with Crippen molar-refractivity contribution in [1.29, 1.82) is 0 Å². The molecule has 0 spiro atoms. The highest BCUT2D eigenvalue weighted by Gasteiger charge is 2.34. The lowest BCUT2D eigenvalue weighted by Gasteiger charge is -2.34. The number of ether oxygens (including phenoxy) is 1. The number of methoxy groups -OCH3 is 1. The first-order valence-electron chi connectivity index (χ1n) is 6.02. The molecule has 1 aromatic rings. The van der Waals surface area contributed by atoms with Crippen LogP contribution in [0.2, 0.25) is 0 Å². The SMILES string of the molecule is COC1CC(NS(=O)(=O)c2cc(C(=O)O)cc(F)c2F)C1. The van der Waals surface area contributed by atoms with Gasteiger partial charge in [-0.25, -0.2) is 26.7 Å². The number of benzene rings is 1. The van der Waals surface area contributed by atoms with E-state index in [0.29, 0.717) is 25.0 Å². The number of carboxylic acid groups (broad SMARTS) is 1. The van der Waals surface area contributed by atoms with Crippen LogP contribution in [-0.4, -0.2) is 38.7 Å². The average molecular weight is 321 g/mol. The van der Waals surface area contributed by atoms with Gasteiger partial charge in [0.15, 0.2) is 11.6 Å². The van der Waals surface area contributed by atoms with Crippen LogP contribution >= 0.6 is 0 Å². The lowest BCUT2D eigenvalue weighted by Crippen LogP contribution is -2.47. The molecule has 9 heteroatoms. The molecule has 0 saturated heterocycles. The van der Waals surface area contributed by atoms with E-state index in [1.165, 1.54) is 7.11 Å². The molecule has 1 aliphatic rings. The molecule has 1 saturated carbocycles. The summed E-state index contributed by atoms with van der Waals surface area (Å²) in [6, 6.07) is 0.576. The zero-order valence-electron chi connectivity index (χ0n) is 11.0. The van der Waals surface area contributed by atoms with Gasteiger partial charge >= 0.3 is 5.97 Å². The summed E-state index contributed by atoms with van der Waals surface area (Å²) >= 11 is 0. The van der Waals surface area contributed by atoms with Gasteiger partial charge in [-0.05, 0) is 25.0 Å². The van der Waals surface area contributed by atoms with E-state index in [1.807, 2.05) is 0 Å². The smallest absolute Gasteiger partial charge is 0.335 e. The molecule has 0 aromatic heterocycles. The minimum atomic E-state index is -4.35. The van der Waals surface area contributed by atoms with Gasteiger partial charge in [-0.1, -0.05) is 0 Å². The highest BCUT2D eigenvalue weighted by Crippen LogP contribution is 2.26. The molecule has 0 heterocycles. The van der Waals surface area contributed by atoms with E-state index in [4.69, 9.17) is 9.84 Å². The Morgan fingerprint density at radius 2 is 2.00 bits per heavy atom. The summed E-state index contributed by atoms with van der Waals surface area (Å²) < 4.78 is 58.2. The lowest BCUT2D eigenvalue weighted by atomic mass is 9.90. The Morgan fingerprint density at radius 3 is 2.52 bits per heavy atom. The van der Waals surface area contributed by atoms with Crippen molar-refractivity contribution in [3.8, 4) is 0 Å². The molecule has 0 amide bonds. The second-order valence-electron chi connectivity index (χ2n) is 4.72. The van der Waals surface area contributed by atoms with E-state index in [9.17, 15) is 22.0 Å². The quantitative estimate of drug-likeness (QED) is 0.848. The summed E-state index contributed by atoms with van der Waals surface area (Å²) in [6.07, 6.45) is 0.751. The molecule has 1 aromatic carbocycles. The van der Waals surface area contributed by atoms with Crippen LogP contribution in [0.1, 0.15) is 23.2 Å². The fraction of sp³-hybridized carbons (Fsp3) is 0.417. The minimum Gasteiger partial charge on any atom is -0.478 e. The number of hydrogen-bond acceptors (Lipinski definition) is 4. The fourth-order valence-electron chi connectivity index (χ4n) is 2.02. The van der Waals surface area contributed by atoms with E-state index < -0.39 is 44.1 Å². The van der Waals surface area contributed by atoms with Crippen molar-refractivity contribution >= 4 is 16.0 Å². The second kappa shape index (κ2) is 5.66. The standard InChI is InChI=1S/C12H13F2NO5S/c1-20-8-4-7(5-8)15-21(18,19)10-3-6(12(16)17)2-9(13)11(10)14/h2-3,7-8,15H,4-5H2,1H3,(H,16,17). The molecule has 2 N–H and O–H groups in total. The van der Waals surface area contributed by atoms with Gasteiger partial charge in [0.1, 0.15) is 4.90 Å². The molecule has 0 atom stereocenters. The van der Waals surface area contributed by atoms with Crippen LogP contribution in [0.4, 0.5) is 8.78 Å². The topological polar surface area (TPSA) is 92.7 Å². The molecule has 1 aliphatic carbocycles. The van der Waals surface area contributed by atoms with Crippen LogP contribution in [0.25, 0.3) is 0 Å². The van der Waals surface area contributed by atoms with Gasteiger partial charge < -0.3 is 9.84 Å². The van der Waals surface area contributed by atoms with Crippen LogP contribution < -0.4 is 4.72 Å². The second-order valence-corrected chi connectivity index (χ2v) is 6.41. The zero-order chi connectivity index (χ0) is 15.8. The van der Waals surface area contributed by atoms with Crippen LogP contribution in [0.5, 0.6) is 0 Å². The third kappa shape index (κ3) is 3.20. The summed E-state index contributed by atoms with van der Waals surface area (Å²) in [4.78, 5) is 9.78. The monoisotopic (exact) mass is 321 g/mol. The third-order valence-electron chi connectivity index (χ3n) is 3.28. The van der Waals surface area contributed by atoms with Crippen molar-refractivity contribution in [3.63, 3.8) is 0 Å². The Morgan fingerprint density at radius 1 is 1.38 bits per heavy atom. The first-order valence-corrected chi connectivity index (χ1v) is 7.50. The van der Waals surface area contributed by atoms with Crippen molar-refractivity contribution < 1.29 is 31.8 Å². The van der Waals surface area contributed by atoms with Crippen LogP contribution in [0, 0.1) is 11.6 Å². The maximum Gasteiger partial charge on any atom is 0.335 e. The van der Waals surface area contributed by atoms with Crippen molar-refractivity contribution in [2.75, 3.05) is 7.11 Å². The van der Waals surface area contributed by atoms with Gasteiger partial charge in [0.25, 0.3) is 0 Å². The number of aromatic carboxylic acids is 1. The van der Waals surface area contributed by atoms with Gasteiger partial charge in [0, 0.05) is 13.2 Å². The number of sulfonamides is 1. The highest BCUT2D eigenvalue weighted by molar-refractivity contribution is 7.89. The van der Waals surface area contributed by atoms with Crippen molar-refractivity contribution in [2.24, 2.45) is 0 Å². The largest absolute Gasteiger partial charge is 0.478 e. The maximum atomic E-state index is 13.6. The first-order chi connectivity index (χ1) is 9.74. The average Bonchev–Trinajstić information content (AvgIpc) is 2.35.